The smallest absolute Gasteiger partial charge is 0.312 e. The molecule has 0 aliphatic carbocycles. The Kier molecular flexibility index (Phi) is 5.20. The summed E-state index contributed by atoms with van der Waals surface area (Å²) in [6, 6.07) is 9.94. The van der Waals surface area contributed by atoms with Gasteiger partial charge in [-0.05, 0) is 25.0 Å². The van der Waals surface area contributed by atoms with E-state index in [0.29, 0.717) is 38.2 Å². The van der Waals surface area contributed by atoms with Gasteiger partial charge in [0.05, 0.1) is 24.0 Å². The van der Waals surface area contributed by atoms with Crippen LogP contribution in [-0.4, -0.2) is 51.3 Å². The van der Waals surface area contributed by atoms with Gasteiger partial charge >= 0.3 is 5.97 Å². The number of carbonyl (C=O) groups excluding carboxylic acids is 2. The number of likely N-dealkylation sites (tertiary alicyclic amines) is 1. The number of rotatable bonds is 5. The molecule has 6 nitrogen and oxygen atoms in total. The van der Waals surface area contributed by atoms with Crippen molar-refractivity contribution in [3.05, 3.63) is 49.1 Å². The highest BCUT2D eigenvalue weighted by Gasteiger charge is 2.50. The van der Waals surface area contributed by atoms with Crippen molar-refractivity contribution in [2.45, 2.75) is 36.8 Å². The Hall–Kier alpha value is -2.28. The van der Waals surface area contributed by atoms with Gasteiger partial charge in [0.25, 0.3) is 0 Å². The summed E-state index contributed by atoms with van der Waals surface area (Å²) in [7, 11) is 0. The van der Waals surface area contributed by atoms with Crippen molar-refractivity contribution in [2.24, 2.45) is 5.41 Å². The summed E-state index contributed by atoms with van der Waals surface area (Å²) in [4.78, 5) is 32.1. The number of hydrogen-bond donors (Lipinski definition) is 0. The Morgan fingerprint density at radius 2 is 2.04 bits per heavy atom. The molecular weight excluding hydrogens is 362 g/mol. The summed E-state index contributed by atoms with van der Waals surface area (Å²) in [5.41, 5.74) is -0.422. The predicted molar refractivity (Wildman–Crippen MR) is 102 cm³/mol. The number of cyclic esters (lactones) is 1. The van der Waals surface area contributed by atoms with Crippen molar-refractivity contribution < 1.29 is 14.3 Å². The summed E-state index contributed by atoms with van der Waals surface area (Å²) < 4.78 is 7.57. The summed E-state index contributed by atoms with van der Waals surface area (Å²) in [6.07, 6.45) is 7.34. The highest BCUT2D eigenvalue weighted by molar-refractivity contribution is 8.00. The average molecular weight is 385 g/mol. The fraction of sp³-hybridized carbons (Fsp3) is 0.450. The summed E-state index contributed by atoms with van der Waals surface area (Å²) in [6.45, 7) is 1.89. The number of carbonyl (C=O) groups is 2. The maximum absolute atomic E-state index is 12.5. The minimum atomic E-state index is -0.422. The van der Waals surface area contributed by atoms with Crippen LogP contribution in [0.4, 0.5) is 0 Å². The van der Waals surface area contributed by atoms with E-state index in [0.717, 1.165) is 11.3 Å². The van der Waals surface area contributed by atoms with Crippen molar-refractivity contribution >= 4 is 23.6 Å². The van der Waals surface area contributed by atoms with Gasteiger partial charge in [-0.1, -0.05) is 18.2 Å². The van der Waals surface area contributed by atoms with Crippen LogP contribution in [0.25, 0.3) is 0 Å². The van der Waals surface area contributed by atoms with Gasteiger partial charge in [-0.15, -0.1) is 11.8 Å². The number of piperidine rings is 1. The lowest BCUT2D eigenvalue weighted by Crippen LogP contribution is -2.45. The third kappa shape index (κ3) is 4.03. The molecule has 0 saturated carbocycles. The molecule has 2 saturated heterocycles. The molecule has 1 unspecified atom stereocenters. The molecule has 2 fully saturated rings. The Morgan fingerprint density at radius 3 is 2.74 bits per heavy atom. The number of esters is 1. The molecule has 7 heteroatoms. The molecule has 2 aromatic rings. The normalized spacial score (nSPS) is 21.4. The molecular formula is C20H23N3O3S. The minimum Gasteiger partial charge on any atom is -0.460 e. The zero-order chi connectivity index (χ0) is 18.7. The first kappa shape index (κ1) is 18.1. The molecule has 2 aliphatic rings. The Bertz CT molecular complexity index is 786. The highest BCUT2D eigenvalue weighted by atomic mass is 32.2. The van der Waals surface area contributed by atoms with Crippen LogP contribution in [0.3, 0.4) is 0 Å². The van der Waals surface area contributed by atoms with Gasteiger partial charge in [0.1, 0.15) is 6.10 Å². The second-order valence-electron chi connectivity index (χ2n) is 7.25. The van der Waals surface area contributed by atoms with Gasteiger partial charge in [0.2, 0.25) is 5.91 Å². The first-order valence-electron chi connectivity index (χ1n) is 9.27. The molecule has 1 spiro atoms. The van der Waals surface area contributed by atoms with E-state index in [1.807, 2.05) is 46.0 Å². The van der Waals surface area contributed by atoms with E-state index >= 15 is 0 Å². The third-order valence-corrected chi connectivity index (χ3v) is 6.47. The van der Waals surface area contributed by atoms with Crippen LogP contribution < -0.4 is 0 Å². The minimum absolute atomic E-state index is 0.0987. The number of ether oxygens (including phenoxy) is 1. The molecule has 2 aliphatic heterocycles. The second kappa shape index (κ2) is 7.76. The number of nitrogens with zero attached hydrogens (tertiary/aromatic N) is 3. The summed E-state index contributed by atoms with van der Waals surface area (Å²) in [5, 5.41) is 0. The van der Waals surface area contributed by atoms with E-state index in [2.05, 4.69) is 4.98 Å². The quantitative estimate of drug-likeness (QED) is 0.585. The average Bonchev–Trinajstić information content (AvgIpc) is 3.30. The van der Waals surface area contributed by atoms with Gasteiger partial charge in [-0.2, -0.15) is 0 Å². The Balaban J connectivity index is 1.29. The van der Waals surface area contributed by atoms with E-state index < -0.39 is 5.41 Å². The van der Waals surface area contributed by atoms with E-state index in [1.54, 1.807) is 24.3 Å². The number of aromatic nitrogens is 2. The zero-order valence-electron chi connectivity index (χ0n) is 15.1. The number of hydrogen-bond acceptors (Lipinski definition) is 5. The van der Waals surface area contributed by atoms with Crippen LogP contribution in [0.2, 0.25) is 0 Å². The molecule has 1 aromatic heterocycles. The van der Waals surface area contributed by atoms with E-state index in [4.69, 9.17) is 4.74 Å². The lowest BCUT2D eigenvalue weighted by molar-refractivity contribution is -0.152. The molecule has 3 heterocycles. The molecule has 0 bridgehead atoms. The summed E-state index contributed by atoms with van der Waals surface area (Å²) >= 11 is 1.56. The Labute approximate surface area is 162 Å². The van der Waals surface area contributed by atoms with Gasteiger partial charge in [-0.25, -0.2) is 4.98 Å². The maximum atomic E-state index is 12.5. The number of imidazole rings is 1. The zero-order valence-corrected chi connectivity index (χ0v) is 15.9. The van der Waals surface area contributed by atoms with Crippen LogP contribution in [-0.2, 0) is 20.9 Å². The van der Waals surface area contributed by atoms with Crippen molar-refractivity contribution in [1.82, 2.24) is 14.5 Å². The molecule has 142 valence electrons. The first-order chi connectivity index (χ1) is 13.1. The molecule has 4 rings (SSSR count). The molecule has 27 heavy (non-hydrogen) atoms. The van der Waals surface area contributed by atoms with Gasteiger partial charge in [0, 0.05) is 36.8 Å². The molecule has 1 atom stereocenters. The van der Waals surface area contributed by atoms with Crippen LogP contribution >= 0.6 is 11.8 Å². The third-order valence-electron chi connectivity index (χ3n) is 5.48. The van der Waals surface area contributed by atoms with Crippen molar-refractivity contribution in [3.63, 3.8) is 0 Å². The van der Waals surface area contributed by atoms with Gasteiger partial charge < -0.3 is 14.2 Å². The topological polar surface area (TPSA) is 64.4 Å². The fourth-order valence-electron chi connectivity index (χ4n) is 3.91. The largest absolute Gasteiger partial charge is 0.460 e. The summed E-state index contributed by atoms with van der Waals surface area (Å²) in [5.74, 6) is 0.475. The van der Waals surface area contributed by atoms with Crippen LogP contribution in [0.5, 0.6) is 0 Å². The van der Waals surface area contributed by atoms with Crippen molar-refractivity contribution in [2.75, 3.05) is 18.8 Å². The lowest BCUT2D eigenvalue weighted by atomic mass is 9.76. The monoisotopic (exact) mass is 385 g/mol. The number of thioether (sulfide) groups is 1. The van der Waals surface area contributed by atoms with Crippen molar-refractivity contribution in [3.8, 4) is 0 Å². The highest BCUT2D eigenvalue weighted by Crippen LogP contribution is 2.43. The van der Waals surface area contributed by atoms with Gasteiger partial charge in [0.15, 0.2) is 0 Å². The van der Waals surface area contributed by atoms with Crippen LogP contribution in [0, 0.1) is 5.41 Å². The van der Waals surface area contributed by atoms with E-state index in [-0.39, 0.29) is 18.0 Å². The molecule has 0 N–H and O–H groups in total. The van der Waals surface area contributed by atoms with Crippen LogP contribution in [0.15, 0.2) is 53.9 Å². The second-order valence-corrected chi connectivity index (χ2v) is 8.30. The fourth-order valence-corrected chi connectivity index (χ4v) is 4.74. The molecule has 1 aromatic carbocycles. The standard InChI is InChI=1S/C20H23N3O3S/c24-18(14-27-17-4-2-1-3-5-17)23-9-6-20(7-10-23)12-16(26-19(20)25)13-22-11-8-21-15-22/h1-5,8,11,15-16H,6-7,9-10,12-14H2. The van der Waals surface area contributed by atoms with Crippen LogP contribution in [0.1, 0.15) is 19.3 Å². The number of benzene rings is 1. The molecule has 0 radical (unpaired) electrons. The van der Waals surface area contributed by atoms with Crippen molar-refractivity contribution in [1.29, 1.82) is 0 Å². The van der Waals surface area contributed by atoms with E-state index in [9.17, 15) is 9.59 Å². The van der Waals surface area contributed by atoms with Gasteiger partial charge in [-0.3, -0.25) is 9.59 Å². The SMILES string of the molecule is O=C(CSc1ccccc1)N1CCC2(CC1)CC(Cn1ccnc1)OC2=O. The molecule has 1 amide bonds. The predicted octanol–water partition coefficient (Wildman–Crippen LogP) is 2.60. The number of amides is 1. The Morgan fingerprint density at radius 1 is 1.26 bits per heavy atom. The first-order valence-corrected chi connectivity index (χ1v) is 10.3. The lowest BCUT2D eigenvalue weighted by Gasteiger charge is -2.36. The van der Waals surface area contributed by atoms with E-state index in [1.165, 1.54) is 0 Å². The maximum Gasteiger partial charge on any atom is 0.312 e.